The molecule has 1 fully saturated rings. The van der Waals surface area contributed by atoms with E-state index in [-0.39, 0.29) is 11.9 Å². The van der Waals surface area contributed by atoms with Gasteiger partial charge in [0.2, 0.25) is 0 Å². The predicted molar refractivity (Wildman–Crippen MR) is 53.0 cm³/mol. The number of nitriles is 1. The van der Waals surface area contributed by atoms with Gasteiger partial charge in [-0.05, 0) is 31.4 Å². The van der Waals surface area contributed by atoms with Crippen LogP contribution in [-0.4, -0.2) is 23.4 Å². The molecule has 1 aliphatic rings. The molecule has 0 radical (unpaired) electrons. The van der Waals surface area contributed by atoms with Crippen LogP contribution in [0.3, 0.4) is 0 Å². The molecule has 4 nitrogen and oxygen atoms in total. The topological polar surface area (TPSA) is 57.2 Å². The summed E-state index contributed by atoms with van der Waals surface area (Å²) in [6.45, 7) is 0.651. The van der Waals surface area contributed by atoms with Crippen LogP contribution in [0, 0.1) is 11.3 Å². The van der Waals surface area contributed by atoms with Crippen molar-refractivity contribution in [1.82, 2.24) is 4.90 Å². The highest BCUT2D eigenvalue weighted by Gasteiger charge is 2.28. The first-order valence-corrected chi connectivity index (χ1v) is 5.07. The summed E-state index contributed by atoms with van der Waals surface area (Å²) in [5.41, 5.74) is 0. The Bertz CT molecular complexity index is 378. The molecule has 1 amide bonds. The lowest BCUT2D eigenvalue weighted by Gasteiger charge is -2.30. The fraction of sp³-hybridized carbons (Fsp3) is 0.455. The van der Waals surface area contributed by atoms with Crippen molar-refractivity contribution in [2.75, 3.05) is 6.54 Å². The van der Waals surface area contributed by atoms with E-state index in [1.54, 1.807) is 17.0 Å². The first kappa shape index (κ1) is 9.78. The normalized spacial score (nSPS) is 21.0. The van der Waals surface area contributed by atoms with Crippen LogP contribution in [0.1, 0.15) is 29.8 Å². The lowest BCUT2D eigenvalue weighted by atomic mass is 10.0. The van der Waals surface area contributed by atoms with Crippen molar-refractivity contribution in [2.45, 2.75) is 25.3 Å². The van der Waals surface area contributed by atoms with Crippen molar-refractivity contribution in [1.29, 1.82) is 5.26 Å². The molecule has 15 heavy (non-hydrogen) atoms. The smallest absolute Gasteiger partial charge is 0.290 e. The lowest BCUT2D eigenvalue weighted by molar-refractivity contribution is 0.0638. The van der Waals surface area contributed by atoms with Crippen LogP contribution in [-0.2, 0) is 0 Å². The summed E-state index contributed by atoms with van der Waals surface area (Å²) in [5.74, 6) is 0.142. The van der Waals surface area contributed by atoms with Gasteiger partial charge in [0, 0.05) is 6.54 Å². The van der Waals surface area contributed by atoms with E-state index < -0.39 is 0 Å². The van der Waals surface area contributed by atoms with E-state index in [0.29, 0.717) is 12.3 Å². The van der Waals surface area contributed by atoms with Crippen molar-refractivity contribution in [3.63, 3.8) is 0 Å². The molecule has 4 heteroatoms. The number of likely N-dealkylation sites (tertiary alicyclic amines) is 1. The molecular formula is C11H12N2O2. The molecule has 2 rings (SSSR count). The van der Waals surface area contributed by atoms with Crippen LogP contribution in [0.25, 0.3) is 0 Å². The third-order valence-electron chi connectivity index (χ3n) is 2.64. The molecule has 0 aliphatic carbocycles. The largest absolute Gasteiger partial charge is 0.459 e. The monoisotopic (exact) mass is 204 g/mol. The minimum absolute atomic E-state index is 0.175. The van der Waals surface area contributed by atoms with E-state index >= 15 is 0 Å². The van der Waals surface area contributed by atoms with E-state index in [4.69, 9.17) is 9.68 Å². The molecule has 1 aliphatic heterocycles. The van der Waals surface area contributed by atoms with Crippen LogP contribution < -0.4 is 0 Å². The average Bonchev–Trinajstić information content (AvgIpc) is 2.81. The molecule has 1 aromatic rings. The molecule has 2 heterocycles. The van der Waals surface area contributed by atoms with E-state index in [1.165, 1.54) is 6.26 Å². The maximum absolute atomic E-state index is 11.9. The fourth-order valence-electron chi connectivity index (χ4n) is 1.85. The Balaban J connectivity index is 2.15. The van der Waals surface area contributed by atoms with Gasteiger partial charge < -0.3 is 9.32 Å². The number of hydrogen-bond donors (Lipinski definition) is 0. The molecule has 1 unspecified atom stereocenters. The molecule has 0 bridgehead atoms. The summed E-state index contributed by atoms with van der Waals surface area (Å²) in [7, 11) is 0. The van der Waals surface area contributed by atoms with Crippen molar-refractivity contribution in [2.24, 2.45) is 0 Å². The Morgan fingerprint density at radius 3 is 3.13 bits per heavy atom. The highest BCUT2D eigenvalue weighted by atomic mass is 16.3. The highest BCUT2D eigenvalue weighted by Crippen LogP contribution is 2.19. The van der Waals surface area contributed by atoms with Gasteiger partial charge in [-0.1, -0.05) is 0 Å². The van der Waals surface area contributed by atoms with Gasteiger partial charge >= 0.3 is 0 Å². The van der Waals surface area contributed by atoms with Crippen molar-refractivity contribution >= 4 is 5.91 Å². The van der Waals surface area contributed by atoms with E-state index in [9.17, 15) is 4.79 Å². The second-order valence-electron chi connectivity index (χ2n) is 3.62. The zero-order valence-electron chi connectivity index (χ0n) is 8.35. The van der Waals surface area contributed by atoms with Crippen LogP contribution in [0.15, 0.2) is 22.8 Å². The Kier molecular flexibility index (Phi) is 2.72. The van der Waals surface area contributed by atoms with E-state index in [0.717, 1.165) is 19.3 Å². The number of furan rings is 1. The maximum atomic E-state index is 11.9. The number of piperidine rings is 1. The molecule has 0 spiro atoms. The van der Waals surface area contributed by atoms with Crippen LogP contribution in [0.4, 0.5) is 0 Å². The molecule has 1 atom stereocenters. The molecule has 0 N–H and O–H groups in total. The zero-order valence-corrected chi connectivity index (χ0v) is 8.35. The predicted octanol–water partition coefficient (Wildman–Crippen LogP) is 1.80. The van der Waals surface area contributed by atoms with Crippen LogP contribution in [0.5, 0.6) is 0 Å². The Hall–Kier alpha value is -1.76. The number of nitrogens with zero attached hydrogens (tertiary/aromatic N) is 2. The van der Waals surface area contributed by atoms with Gasteiger partial charge in [0.15, 0.2) is 5.76 Å². The minimum atomic E-state index is -0.295. The van der Waals surface area contributed by atoms with Gasteiger partial charge in [0.1, 0.15) is 6.04 Å². The number of carbonyl (C=O) groups is 1. The number of rotatable bonds is 1. The molecule has 0 saturated carbocycles. The summed E-state index contributed by atoms with van der Waals surface area (Å²) in [4.78, 5) is 13.5. The summed E-state index contributed by atoms with van der Waals surface area (Å²) < 4.78 is 5.04. The van der Waals surface area contributed by atoms with Crippen molar-refractivity contribution in [3.8, 4) is 6.07 Å². The number of amides is 1. The first-order chi connectivity index (χ1) is 7.33. The maximum Gasteiger partial charge on any atom is 0.290 e. The van der Waals surface area contributed by atoms with Crippen molar-refractivity contribution in [3.05, 3.63) is 24.2 Å². The van der Waals surface area contributed by atoms with E-state index in [1.807, 2.05) is 0 Å². The third-order valence-corrected chi connectivity index (χ3v) is 2.64. The van der Waals surface area contributed by atoms with Crippen LogP contribution >= 0.6 is 0 Å². The molecular weight excluding hydrogens is 192 g/mol. The number of hydrogen-bond acceptors (Lipinski definition) is 3. The average molecular weight is 204 g/mol. The summed E-state index contributed by atoms with van der Waals surface area (Å²) in [6.07, 6.45) is 4.21. The van der Waals surface area contributed by atoms with Gasteiger partial charge in [0.25, 0.3) is 5.91 Å². The summed E-state index contributed by atoms with van der Waals surface area (Å²) >= 11 is 0. The molecule has 1 saturated heterocycles. The molecule has 0 aromatic carbocycles. The van der Waals surface area contributed by atoms with Crippen LogP contribution in [0.2, 0.25) is 0 Å². The van der Waals surface area contributed by atoms with E-state index in [2.05, 4.69) is 6.07 Å². The second kappa shape index (κ2) is 4.18. The minimum Gasteiger partial charge on any atom is -0.459 e. The number of carbonyl (C=O) groups excluding carboxylic acids is 1. The fourth-order valence-corrected chi connectivity index (χ4v) is 1.85. The van der Waals surface area contributed by atoms with Gasteiger partial charge in [-0.2, -0.15) is 5.26 Å². The third kappa shape index (κ3) is 1.86. The second-order valence-corrected chi connectivity index (χ2v) is 3.62. The molecule has 78 valence electrons. The Labute approximate surface area is 88.1 Å². The molecule has 1 aromatic heterocycles. The zero-order chi connectivity index (χ0) is 10.7. The SMILES string of the molecule is N#CC1CCCCN1C(=O)c1ccco1. The highest BCUT2D eigenvalue weighted by molar-refractivity contribution is 5.91. The van der Waals surface area contributed by atoms with Gasteiger partial charge in [-0.3, -0.25) is 4.79 Å². The Morgan fingerprint density at radius 1 is 1.60 bits per heavy atom. The summed E-state index contributed by atoms with van der Waals surface area (Å²) in [5, 5.41) is 8.93. The van der Waals surface area contributed by atoms with Crippen molar-refractivity contribution < 1.29 is 9.21 Å². The van der Waals surface area contributed by atoms with Gasteiger partial charge in [-0.15, -0.1) is 0 Å². The van der Waals surface area contributed by atoms with Gasteiger partial charge in [0.05, 0.1) is 12.3 Å². The first-order valence-electron chi connectivity index (χ1n) is 5.07. The van der Waals surface area contributed by atoms with Gasteiger partial charge in [-0.25, -0.2) is 0 Å². The summed E-state index contributed by atoms with van der Waals surface area (Å²) in [6, 6.07) is 5.17. The standard InChI is InChI=1S/C11H12N2O2/c12-8-9-4-1-2-6-13(9)11(14)10-5-3-7-15-10/h3,5,7,9H,1-2,4,6H2. The lowest BCUT2D eigenvalue weighted by Crippen LogP contribution is -2.42. The quantitative estimate of drug-likeness (QED) is 0.700. The Morgan fingerprint density at radius 2 is 2.47 bits per heavy atom.